The van der Waals surface area contributed by atoms with Crippen LogP contribution in [0, 0.1) is 6.92 Å². The number of rotatable bonds is 7. The highest BCUT2D eigenvalue weighted by Crippen LogP contribution is 2.34. The molecule has 10 heteroatoms. The van der Waals surface area contributed by atoms with E-state index in [0.717, 1.165) is 61.4 Å². The maximum absolute atomic E-state index is 13.3. The van der Waals surface area contributed by atoms with Gasteiger partial charge in [0.05, 0.1) is 11.8 Å². The van der Waals surface area contributed by atoms with Gasteiger partial charge in [-0.1, -0.05) is 13.0 Å². The second kappa shape index (κ2) is 10.2. The second-order valence-electron chi connectivity index (χ2n) is 9.19. The first-order valence-electron chi connectivity index (χ1n) is 12.2. The number of benzene rings is 2. The van der Waals surface area contributed by atoms with Crippen molar-refractivity contribution in [2.75, 3.05) is 17.2 Å². The third kappa shape index (κ3) is 5.75. The minimum Gasteiger partial charge on any atom is -0.340 e. The maximum Gasteiger partial charge on any atom is 0.416 e. The number of halogens is 3. The van der Waals surface area contributed by atoms with Crippen LogP contribution in [0.2, 0.25) is 0 Å². The van der Waals surface area contributed by atoms with Gasteiger partial charge in [0.15, 0.2) is 0 Å². The monoisotopic (exact) mass is 507 g/mol. The third-order valence-corrected chi connectivity index (χ3v) is 6.20. The van der Waals surface area contributed by atoms with E-state index < -0.39 is 11.7 Å². The average Bonchev–Trinajstić information content (AvgIpc) is 3.32. The quantitative estimate of drug-likeness (QED) is 0.276. The number of hydrogen-bond donors (Lipinski definition) is 3. The molecule has 0 saturated heterocycles. The van der Waals surface area contributed by atoms with Crippen LogP contribution < -0.4 is 16.0 Å². The zero-order valence-electron chi connectivity index (χ0n) is 20.7. The van der Waals surface area contributed by atoms with Gasteiger partial charge < -0.3 is 16.0 Å². The summed E-state index contributed by atoms with van der Waals surface area (Å²) in [7, 11) is 0. The fourth-order valence-corrected chi connectivity index (χ4v) is 4.45. The van der Waals surface area contributed by atoms with Crippen LogP contribution in [-0.2, 0) is 25.7 Å². The molecular formula is C27H28F3N7. The number of aromatic nitrogens is 4. The Morgan fingerprint density at radius 2 is 1.89 bits per heavy atom. The van der Waals surface area contributed by atoms with Crippen molar-refractivity contribution in [2.45, 2.75) is 46.0 Å². The van der Waals surface area contributed by atoms with Crippen molar-refractivity contribution in [2.24, 2.45) is 0 Å². The van der Waals surface area contributed by atoms with E-state index in [4.69, 9.17) is 0 Å². The molecule has 0 unspecified atom stereocenters. The van der Waals surface area contributed by atoms with Gasteiger partial charge in [0.2, 0.25) is 5.95 Å². The molecule has 37 heavy (non-hydrogen) atoms. The number of fused-ring (bicyclic) bond motifs is 1. The molecule has 7 nitrogen and oxygen atoms in total. The van der Waals surface area contributed by atoms with E-state index in [1.165, 1.54) is 11.1 Å². The first-order valence-corrected chi connectivity index (χ1v) is 12.2. The summed E-state index contributed by atoms with van der Waals surface area (Å²) in [5.41, 5.74) is 5.01. The molecule has 0 saturated carbocycles. The molecule has 1 aliphatic rings. The van der Waals surface area contributed by atoms with E-state index in [1.807, 2.05) is 16.9 Å². The third-order valence-electron chi connectivity index (χ3n) is 6.20. The molecule has 0 spiro atoms. The molecule has 1 aliphatic heterocycles. The number of anilines is 4. The van der Waals surface area contributed by atoms with Crippen molar-refractivity contribution in [1.29, 1.82) is 0 Å². The standard InChI is InChI=1S/C27H28F3N7/c1-3-8-37-16-20(14-33-37)24-15-32-26(35-23-10-17(2)9-21(12-23)27(28,29)30)36-25(24)34-22-5-4-18-6-7-31-13-19(18)11-22/h4-5,9-12,14-16,31H,3,6-8,13H2,1-2H3,(H2,32,34,35,36). The van der Waals surface area contributed by atoms with Gasteiger partial charge >= 0.3 is 6.18 Å². The molecule has 2 aromatic heterocycles. The van der Waals surface area contributed by atoms with Crippen LogP contribution in [0.5, 0.6) is 0 Å². The fraction of sp³-hybridized carbons (Fsp3) is 0.296. The highest BCUT2D eigenvalue weighted by atomic mass is 19.4. The SMILES string of the molecule is CCCn1cc(-c2cnc(Nc3cc(C)cc(C(F)(F)F)c3)nc2Nc2ccc3c(c2)CNCC3)cn1. The van der Waals surface area contributed by atoms with E-state index in [0.29, 0.717) is 11.4 Å². The number of nitrogens with one attached hydrogen (secondary N) is 3. The Morgan fingerprint density at radius 3 is 2.70 bits per heavy atom. The number of nitrogens with zero attached hydrogens (tertiary/aromatic N) is 4. The Labute approximate surface area is 213 Å². The van der Waals surface area contributed by atoms with Gasteiger partial charge in [-0.3, -0.25) is 4.68 Å². The van der Waals surface area contributed by atoms with Gasteiger partial charge in [-0.15, -0.1) is 0 Å². The van der Waals surface area contributed by atoms with Crippen LogP contribution in [0.25, 0.3) is 11.1 Å². The van der Waals surface area contributed by atoms with E-state index in [-0.39, 0.29) is 11.6 Å². The second-order valence-corrected chi connectivity index (χ2v) is 9.19. The van der Waals surface area contributed by atoms with E-state index in [9.17, 15) is 13.2 Å². The molecule has 5 rings (SSSR count). The van der Waals surface area contributed by atoms with Crippen LogP contribution in [0.3, 0.4) is 0 Å². The van der Waals surface area contributed by atoms with Crippen molar-refractivity contribution in [3.63, 3.8) is 0 Å². The van der Waals surface area contributed by atoms with Crippen LogP contribution in [-0.4, -0.2) is 26.3 Å². The number of alkyl halides is 3. The van der Waals surface area contributed by atoms with Crippen molar-refractivity contribution >= 4 is 23.1 Å². The van der Waals surface area contributed by atoms with Gasteiger partial charge in [0.25, 0.3) is 0 Å². The van der Waals surface area contributed by atoms with Gasteiger partial charge in [-0.2, -0.15) is 23.3 Å². The van der Waals surface area contributed by atoms with Gasteiger partial charge in [0.1, 0.15) is 5.82 Å². The van der Waals surface area contributed by atoms with Crippen molar-refractivity contribution in [3.8, 4) is 11.1 Å². The summed E-state index contributed by atoms with van der Waals surface area (Å²) in [5.74, 6) is 0.714. The minimum atomic E-state index is -4.44. The maximum atomic E-state index is 13.3. The predicted molar refractivity (Wildman–Crippen MR) is 138 cm³/mol. The highest BCUT2D eigenvalue weighted by Gasteiger charge is 2.31. The minimum absolute atomic E-state index is 0.186. The lowest BCUT2D eigenvalue weighted by Gasteiger charge is -2.19. The van der Waals surface area contributed by atoms with Crippen LogP contribution in [0.1, 0.15) is 35.6 Å². The van der Waals surface area contributed by atoms with Gasteiger partial charge in [0, 0.05) is 48.0 Å². The summed E-state index contributed by atoms with van der Waals surface area (Å²) < 4.78 is 41.8. The zero-order valence-corrected chi connectivity index (χ0v) is 20.7. The lowest BCUT2D eigenvalue weighted by Crippen LogP contribution is -2.23. The molecule has 3 N–H and O–H groups in total. The predicted octanol–water partition coefficient (Wildman–Crippen LogP) is 6.21. The Morgan fingerprint density at radius 1 is 1.03 bits per heavy atom. The highest BCUT2D eigenvalue weighted by molar-refractivity contribution is 5.78. The molecular weight excluding hydrogens is 479 g/mol. The van der Waals surface area contributed by atoms with Crippen molar-refractivity contribution < 1.29 is 13.2 Å². The first kappa shape index (κ1) is 24.8. The van der Waals surface area contributed by atoms with Crippen molar-refractivity contribution in [1.82, 2.24) is 25.1 Å². The molecule has 0 atom stereocenters. The molecule has 0 bridgehead atoms. The number of aryl methyl sites for hydroxylation is 2. The summed E-state index contributed by atoms with van der Waals surface area (Å²) >= 11 is 0. The largest absolute Gasteiger partial charge is 0.416 e. The number of hydrogen-bond acceptors (Lipinski definition) is 6. The van der Waals surface area contributed by atoms with Crippen molar-refractivity contribution in [3.05, 3.63) is 77.2 Å². The first-order chi connectivity index (χ1) is 17.8. The molecule has 0 amide bonds. The van der Waals surface area contributed by atoms with Crippen LogP contribution >= 0.6 is 0 Å². The topological polar surface area (TPSA) is 79.7 Å². The smallest absolute Gasteiger partial charge is 0.340 e. The summed E-state index contributed by atoms with van der Waals surface area (Å²) in [5, 5.41) is 14.2. The van der Waals surface area contributed by atoms with E-state index in [2.05, 4.69) is 50.1 Å². The molecule has 0 radical (unpaired) electrons. The van der Waals surface area contributed by atoms with Gasteiger partial charge in [-0.05, 0) is 73.3 Å². The zero-order chi connectivity index (χ0) is 26.0. The van der Waals surface area contributed by atoms with Gasteiger partial charge in [-0.25, -0.2) is 4.98 Å². The molecule has 4 aromatic rings. The summed E-state index contributed by atoms with van der Waals surface area (Å²) in [6, 6.07) is 10.0. The molecule has 3 heterocycles. The summed E-state index contributed by atoms with van der Waals surface area (Å²) in [4.78, 5) is 9.07. The average molecular weight is 508 g/mol. The Kier molecular flexibility index (Phi) is 6.84. The lowest BCUT2D eigenvalue weighted by atomic mass is 10.0. The van der Waals surface area contributed by atoms with E-state index in [1.54, 1.807) is 25.4 Å². The Balaban J connectivity index is 1.50. The summed E-state index contributed by atoms with van der Waals surface area (Å²) in [6.07, 6.45) is 2.85. The summed E-state index contributed by atoms with van der Waals surface area (Å²) in [6.45, 7) is 6.25. The Hall–Kier alpha value is -3.92. The fourth-order valence-electron chi connectivity index (χ4n) is 4.45. The Bertz CT molecular complexity index is 1410. The van der Waals surface area contributed by atoms with Crippen LogP contribution in [0.15, 0.2) is 55.0 Å². The van der Waals surface area contributed by atoms with Crippen LogP contribution in [0.4, 0.5) is 36.3 Å². The molecule has 192 valence electrons. The molecule has 0 fully saturated rings. The molecule has 2 aromatic carbocycles. The normalized spacial score (nSPS) is 13.3. The molecule has 0 aliphatic carbocycles. The van der Waals surface area contributed by atoms with E-state index >= 15 is 0 Å². The lowest BCUT2D eigenvalue weighted by molar-refractivity contribution is -0.137.